The van der Waals surface area contributed by atoms with Crippen LogP contribution in [0.2, 0.25) is 0 Å². The topological polar surface area (TPSA) is 137 Å². The Kier molecular flexibility index (Phi) is 8.70. The van der Waals surface area contributed by atoms with Crippen molar-refractivity contribution in [1.29, 1.82) is 0 Å². The molecule has 0 radical (unpaired) electrons. The smallest absolute Gasteiger partial charge is 0.328 e. The lowest BCUT2D eigenvalue weighted by molar-refractivity contribution is -0.384. The number of rotatable bonds is 10. The van der Waals surface area contributed by atoms with Crippen molar-refractivity contribution in [3.63, 3.8) is 0 Å². The summed E-state index contributed by atoms with van der Waals surface area (Å²) in [6, 6.07) is 11.0. The number of esters is 1. The van der Waals surface area contributed by atoms with Crippen molar-refractivity contribution >= 4 is 23.5 Å². The fraction of sp³-hybridized carbons (Fsp3) is 0.318. The Labute approximate surface area is 185 Å². The average molecular weight is 443 g/mol. The third-order valence-electron chi connectivity index (χ3n) is 4.68. The molecular formula is C22H25N3O7. The second kappa shape index (κ2) is 11.4. The molecule has 32 heavy (non-hydrogen) atoms. The molecule has 0 heterocycles. The van der Waals surface area contributed by atoms with Gasteiger partial charge in [0.25, 0.3) is 5.69 Å². The molecule has 0 saturated carbocycles. The average Bonchev–Trinajstić information content (AvgIpc) is 2.77. The van der Waals surface area contributed by atoms with E-state index in [1.54, 1.807) is 0 Å². The number of methoxy groups -OCH3 is 2. The first-order valence-electron chi connectivity index (χ1n) is 9.75. The second-order valence-electron chi connectivity index (χ2n) is 6.98. The highest BCUT2D eigenvalue weighted by molar-refractivity contribution is 5.90. The Morgan fingerprint density at radius 2 is 1.69 bits per heavy atom. The molecule has 0 fully saturated rings. The normalized spacial score (nSPS) is 12.2. The summed E-state index contributed by atoms with van der Waals surface area (Å²) in [5.74, 6) is -1.42. The summed E-state index contributed by atoms with van der Waals surface area (Å²) in [5, 5.41) is 16.3. The number of nitro benzene ring substituents is 1. The summed E-state index contributed by atoms with van der Waals surface area (Å²) in [7, 11) is 2.56. The molecule has 0 aliphatic heterocycles. The number of nitro groups is 1. The maximum atomic E-state index is 13.0. The molecule has 2 atom stereocenters. The zero-order valence-electron chi connectivity index (χ0n) is 18.0. The number of benzene rings is 2. The van der Waals surface area contributed by atoms with E-state index in [2.05, 4.69) is 10.6 Å². The van der Waals surface area contributed by atoms with Crippen LogP contribution in [0.15, 0.2) is 48.5 Å². The van der Waals surface area contributed by atoms with Gasteiger partial charge in [0.2, 0.25) is 11.8 Å². The van der Waals surface area contributed by atoms with Crippen LogP contribution in [0.5, 0.6) is 5.75 Å². The highest BCUT2D eigenvalue weighted by atomic mass is 16.6. The third kappa shape index (κ3) is 6.79. The van der Waals surface area contributed by atoms with Crippen LogP contribution in [0, 0.1) is 10.1 Å². The molecule has 0 spiro atoms. The second-order valence-corrected chi connectivity index (χ2v) is 6.98. The molecule has 2 aromatic carbocycles. The van der Waals surface area contributed by atoms with Crippen molar-refractivity contribution < 1.29 is 28.8 Å². The fourth-order valence-corrected chi connectivity index (χ4v) is 3.17. The van der Waals surface area contributed by atoms with E-state index >= 15 is 0 Å². The molecule has 2 aromatic rings. The number of carbonyl (C=O) groups is 3. The lowest BCUT2D eigenvalue weighted by Gasteiger charge is -2.22. The van der Waals surface area contributed by atoms with Crippen LogP contribution in [-0.4, -0.2) is 49.0 Å². The van der Waals surface area contributed by atoms with Crippen LogP contribution in [-0.2, 0) is 32.0 Å². The largest absolute Gasteiger partial charge is 0.496 e. The summed E-state index contributed by atoms with van der Waals surface area (Å²) in [4.78, 5) is 47.5. The Morgan fingerprint density at radius 1 is 1.00 bits per heavy atom. The van der Waals surface area contributed by atoms with E-state index in [4.69, 9.17) is 9.47 Å². The molecule has 0 aromatic heterocycles. The molecule has 0 saturated heterocycles. The Balaban J connectivity index is 2.27. The van der Waals surface area contributed by atoms with Crippen molar-refractivity contribution in [2.75, 3.05) is 14.2 Å². The predicted octanol–water partition coefficient (Wildman–Crippen LogP) is 1.55. The Morgan fingerprint density at radius 3 is 2.25 bits per heavy atom. The van der Waals surface area contributed by atoms with Gasteiger partial charge in [-0.05, 0) is 11.6 Å². The first kappa shape index (κ1) is 24.3. The van der Waals surface area contributed by atoms with E-state index < -0.39 is 34.8 Å². The van der Waals surface area contributed by atoms with Crippen molar-refractivity contribution in [2.24, 2.45) is 0 Å². The highest BCUT2D eigenvalue weighted by Crippen LogP contribution is 2.25. The molecule has 2 rings (SSSR count). The minimum absolute atomic E-state index is 0.110. The third-order valence-corrected chi connectivity index (χ3v) is 4.68. The zero-order chi connectivity index (χ0) is 23.7. The molecule has 2 amide bonds. The van der Waals surface area contributed by atoms with Gasteiger partial charge < -0.3 is 20.1 Å². The maximum absolute atomic E-state index is 13.0. The Bertz CT molecular complexity index is 979. The Hall–Kier alpha value is -3.95. The molecule has 2 N–H and O–H groups in total. The van der Waals surface area contributed by atoms with Gasteiger partial charge in [0.05, 0.1) is 19.1 Å². The molecule has 0 aliphatic rings. The van der Waals surface area contributed by atoms with Gasteiger partial charge in [0.1, 0.15) is 17.8 Å². The zero-order valence-corrected chi connectivity index (χ0v) is 18.0. The quantitative estimate of drug-likeness (QED) is 0.323. The first-order valence-corrected chi connectivity index (χ1v) is 9.75. The number of hydrogen-bond donors (Lipinski definition) is 2. The SMILES string of the molecule is COC(=O)[C@H](Cc1cc([N+](=O)[O-])ccc1OC)NC(=O)[C@@H](Cc1ccccc1)NC(C)=O. The lowest BCUT2D eigenvalue weighted by atomic mass is 10.0. The number of ether oxygens (including phenoxy) is 2. The van der Waals surface area contributed by atoms with Crippen LogP contribution < -0.4 is 15.4 Å². The summed E-state index contributed by atoms with van der Waals surface area (Å²) < 4.78 is 10.0. The molecule has 0 aliphatic carbocycles. The number of nitrogens with one attached hydrogen (secondary N) is 2. The summed E-state index contributed by atoms with van der Waals surface area (Å²) in [5.41, 5.74) is 0.976. The van der Waals surface area contributed by atoms with E-state index in [9.17, 15) is 24.5 Å². The molecule has 0 bridgehead atoms. The number of carbonyl (C=O) groups excluding carboxylic acids is 3. The molecule has 0 unspecified atom stereocenters. The van der Waals surface area contributed by atoms with Gasteiger partial charge in [0, 0.05) is 37.5 Å². The van der Waals surface area contributed by atoms with E-state index in [0.29, 0.717) is 11.3 Å². The monoisotopic (exact) mass is 443 g/mol. The number of non-ortho nitro benzene ring substituents is 1. The van der Waals surface area contributed by atoms with Crippen molar-refractivity contribution in [3.8, 4) is 5.75 Å². The van der Waals surface area contributed by atoms with Crippen molar-refractivity contribution in [3.05, 3.63) is 69.8 Å². The predicted molar refractivity (Wildman–Crippen MR) is 115 cm³/mol. The van der Waals surface area contributed by atoms with Crippen LogP contribution in [0.25, 0.3) is 0 Å². The molecule has 170 valence electrons. The maximum Gasteiger partial charge on any atom is 0.328 e. The molecule has 10 nitrogen and oxygen atoms in total. The standard InChI is InChI=1S/C22H25N3O7/c1-14(26)23-18(11-15-7-5-4-6-8-15)21(27)24-19(22(28)32-3)13-16-12-17(25(29)30)9-10-20(16)31-2/h4-10,12,18-19H,11,13H2,1-3H3,(H,23,26)(H,24,27)/t18-,19+/m1/s1. The van der Waals surface area contributed by atoms with Gasteiger partial charge in [0.15, 0.2) is 0 Å². The minimum Gasteiger partial charge on any atom is -0.496 e. The highest BCUT2D eigenvalue weighted by Gasteiger charge is 2.28. The van der Waals surface area contributed by atoms with E-state index in [1.165, 1.54) is 39.3 Å². The van der Waals surface area contributed by atoms with Crippen LogP contribution >= 0.6 is 0 Å². The summed E-state index contributed by atoms with van der Waals surface area (Å²) >= 11 is 0. The van der Waals surface area contributed by atoms with Gasteiger partial charge in [-0.15, -0.1) is 0 Å². The number of hydrogen-bond acceptors (Lipinski definition) is 7. The van der Waals surface area contributed by atoms with Crippen molar-refractivity contribution in [1.82, 2.24) is 10.6 Å². The van der Waals surface area contributed by atoms with Crippen LogP contribution in [0.4, 0.5) is 5.69 Å². The van der Waals surface area contributed by atoms with Gasteiger partial charge in [-0.2, -0.15) is 0 Å². The molecule has 10 heteroatoms. The number of amides is 2. The first-order chi connectivity index (χ1) is 15.2. The van der Waals surface area contributed by atoms with Crippen LogP contribution in [0.3, 0.4) is 0 Å². The molecular weight excluding hydrogens is 418 g/mol. The van der Waals surface area contributed by atoms with Gasteiger partial charge >= 0.3 is 5.97 Å². The number of nitrogens with zero attached hydrogens (tertiary/aromatic N) is 1. The summed E-state index contributed by atoms with van der Waals surface area (Å²) in [6.07, 6.45) is 0.0989. The summed E-state index contributed by atoms with van der Waals surface area (Å²) in [6.45, 7) is 1.29. The van der Waals surface area contributed by atoms with Gasteiger partial charge in [-0.1, -0.05) is 30.3 Å². The van der Waals surface area contributed by atoms with Crippen molar-refractivity contribution in [2.45, 2.75) is 31.8 Å². The van der Waals surface area contributed by atoms with E-state index in [0.717, 1.165) is 5.56 Å². The van der Waals surface area contributed by atoms with Crippen LogP contribution in [0.1, 0.15) is 18.1 Å². The fourth-order valence-electron chi connectivity index (χ4n) is 3.17. The minimum atomic E-state index is -1.16. The van der Waals surface area contributed by atoms with E-state index in [-0.39, 0.29) is 18.5 Å². The van der Waals surface area contributed by atoms with Gasteiger partial charge in [-0.25, -0.2) is 4.79 Å². The lowest BCUT2D eigenvalue weighted by Crippen LogP contribution is -2.53. The van der Waals surface area contributed by atoms with Gasteiger partial charge in [-0.3, -0.25) is 19.7 Å². The van der Waals surface area contributed by atoms with E-state index in [1.807, 2.05) is 30.3 Å².